The average Bonchev–Trinajstić information content (AvgIpc) is 3.32. The molecule has 3 heterocycles. The maximum Gasteiger partial charge on any atom is 0.322 e. The van der Waals surface area contributed by atoms with Gasteiger partial charge in [-0.15, -0.1) is 0 Å². The Kier molecular flexibility index (Phi) is 6.98. The molecule has 0 saturated carbocycles. The minimum absolute atomic E-state index is 0.0462. The molecule has 37 heavy (non-hydrogen) atoms. The smallest absolute Gasteiger partial charge is 0.322 e. The predicted molar refractivity (Wildman–Crippen MR) is 144 cm³/mol. The van der Waals surface area contributed by atoms with Crippen molar-refractivity contribution in [2.45, 2.75) is 52.2 Å². The molecule has 0 bridgehead atoms. The fraction of sp³-hybridized carbons (Fsp3) is 0.444. The fourth-order valence-electron chi connectivity index (χ4n) is 4.96. The second-order valence-corrected chi connectivity index (χ2v) is 15.4. The van der Waals surface area contributed by atoms with Gasteiger partial charge in [-0.1, -0.05) is 51.2 Å². The summed E-state index contributed by atoms with van der Waals surface area (Å²) < 4.78 is 27.5. The van der Waals surface area contributed by atoms with Gasteiger partial charge in [0.1, 0.15) is 5.75 Å². The van der Waals surface area contributed by atoms with Crippen molar-refractivity contribution < 1.29 is 28.2 Å². The quantitative estimate of drug-likeness (QED) is 0.415. The lowest BCUT2D eigenvalue weighted by molar-refractivity contribution is 0.0990. The Bertz CT molecular complexity index is 1310. The number of aryl methyl sites for hydroxylation is 1. The molecule has 4 rings (SSSR count). The van der Waals surface area contributed by atoms with E-state index in [1.54, 1.807) is 12.1 Å². The van der Waals surface area contributed by atoms with E-state index in [9.17, 15) is 4.79 Å². The molecule has 0 saturated heterocycles. The zero-order valence-electron chi connectivity index (χ0n) is 22.9. The Balaban J connectivity index is 1.59. The number of rotatable bonds is 7. The number of methoxy groups -OCH3 is 3. The van der Waals surface area contributed by atoms with E-state index in [0.717, 1.165) is 11.3 Å². The minimum atomic E-state index is -1.63. The number of nitrogens with zero attached hydrogens (tertiary/aromatic N) is 2. The van der Waals surface area contributed by atoms with Crippen LogP contribution in [0.5, 0.6) is 29.5 Å². The number of furan rings is 1. The Hall–Kier alpha value is -3.53. The fourth-order valence-corrected chi connectivity index (χ4v) is 8.87. The summed E-state index contributed by atoms with van der Waals surface area (Å²) >= 11 is 0. The lowest BCUT2D eigenvalue weighted by Gasteiger charge is -2.46. The molecule has 0 aliphatic carbocycles. The molecule has 3 aromatic rings. The number of aromatic nitrogens is 2. The number of carbonyl (C=O) groups excluding carboxylic acids is 1. The van der Waals surface area contributed by atoms with Gasteiger partial charge in [0.15, 0.2) is 11.4 Å². The molecule has 0 spiro atoms. The van der Waals surface area contributed by atoms with Gasteiger partial charge in [-0.2, -0.15) is 9.97 Å². The number of ether oxygens (including phenoxy) is 4. The van der Waals surface area contributed by atoms with Gasteiger partial charge in [-0.25, -0.2) is 0 Å². The van der Waals surface area contributed by atoms with Crippen LogP contribution >= 0.6 is 0 Å². The van der Waals surface area contributed by atoms with Crippen molar-refractivity contribution in [3.63, 3.8) is 0 Å². The summed E-state index contributed by atoms with van der Waals surface area (Å²) in [6.45, 7) is 13.9. The van der Waals surface area contributed by atoms with Crippen LogP contribution in [0, 0.1) is 12.8 Å². The molecule has 1 N–H and O–H groups in total. The molecule has 0 radical (unpaired) electrons. The van der Waals surface area contributed by atoms with Crippen LogP contribution in [0.1, 0.15) is 42.5 Å². The summed E-state index contributed by atoms with van der Waals surface area (Å²) in [4.78, 5) is 21.2. The van der Waals surface area contributed by atoms with E-state index < -0.39 is 14.0 Å². The zero-order valence-corrected chi connectivity index (χ0v) is 23.9. The highest BCUT2D eigenvalue weighted by atomic mass is 28.3. The maximum atomic E-state index is 13.0. The van der Waals surface area contributed by atoms with Crippen LogP contribution in [-0.4, -0.2) is 45.3 Å². The number of anilines is 1. The van der Waals surface area contributed by atoms with Gasteiger partial charge in [0.25, 0.3) is 11.9 Å². The van der Waals surface area contributed by atoms with Gasteiger partial charge in [-0.3, -0.25) is 4.79 Å². The van der Waals surface area contributed by atoms with Crippen molar-refractivity contribution >= 4 is 24.9 Å². The Morgan fingerprint density at radius 1 is 1.08 bits per heavy atom. The molecular weight excluding hydrogens is 490 g/mol. The molecule has 1 aromatic carbocycles. The second-order valence-electron chi connectivity index (χ2n) is 10.7. The molecule has 0 fully saturated rings. The van der Waals surface area contributed by atoms with Crippen LogP contribution in [0.15, 0.2) is 28.7 Å². The maximum absolute atomic E-state index is 13.0. The molecule has 2 aromatic heterocycles. The first-order chi connectivity index (χ1) is 17.4. The standard InChI is InChI=1S/C27H35N3O6Si/c1-15-12-17-20(37(8,9)14-16(2)27(17,3)4)13-19(15)36-21-11-10-18(35-21)23(31)28-22-24(32-5)29-26(34-7)30-25(22)33-6/h10-13,16H,14H2,1-9H3,(H,28,31). The number of fused-ring (bicyclic) bond motifs is 1. The summed E-state index contributed by atoms with van der Waals surface area (Å²) in [5, 5.41) is 4.10. The van der Waals surface area contributed by atoms with Gasteiger partial charge in [0, 0.05) is 6.07 Å². The SMILES string of the molecule is COc1nc(OC)c(NC(=O)c2ccc(Oc3cc4c(cc3C)C(C)(C)C(C)C[Si]4(C)C)o2)c(OC)n1. The number of hydrogen-bond donors (Lipinski definition) is 1. The Morgan fingerprint density at radius 3 is 2.32 bits per heavy atom. The van der Waals surface area contributed by atoms with Gasteiger partial charge < -0.3 is 28.7 Å². The third kappa shape index (κ3) is 4.89. The highest BCUT2D eigenvalue weighted by molar-refractivity contribution is 6.90. The number of carbonyl (C=O) groups is 1. The van der Waals surface area contributed by atoms with Crippen LogP contribution in [0.25, 0.3) is 0 Å². The summed E-state index contributed by atoms with van der Waals surface area (Å²) in [5.74, 6) is 1.27. The van der Waals surface area contributed by atoms with Crippen molar-refractivity contribution in [2.24, 2.45) is 5.92 Å². The molecule has 1 unspecified atom stereocenters. The average molecular weight is 526 g/mol. The Morgan fingerprint density at radius 2 is 1.73 bits per heavy atom. The van der Waals surface area contributed by atoms with Crippen molar-refractivity contribution in [1.29, 1.82) is 0 Å². The second kappa shape index (κ2) is 9.73. The number of benzene rings is 1. The van der Waals surface area contributed by atoms with Crippen LogP contribution in [0.4, 0.5) is 5.69 Å². The highest BCUT2D eigenvalue weighted by Crippen LogP contribution is 2.43. The van der Waals surface area contributed by atoms with Crippen LogP contribution in [0.2, 0.25) is 19.1 Å². The van der Waals surface area contributed by atoms with E-state index in [0.29, 0.717) is 5.92 Å². The summed E-state index contributed by atoms with van der Waals surface area (Å²) in [6.07, 6.45) is 0. The molecule has 1 aliphatic heterocycles. The van der Waals surface area contributed by atoms with Gasteiger partial charge in [-0.05, 0) is 41.5 Å². The van der Waals surface area contributed by atoms with Gasteiger partial charge >= 0.3 is 6.01 Å². The normalized spacial score (nSPS) is 17.5. The minimum Gasteiger partial charge on any atom is -0.479 e. The summed E-state index contributed by atoms with van der Waals surface area (Å²) in [7, 11) is 2.63. The van der Waals surface area contributed by atoms with Crippen molar-refractivity contribution in [3.05, 3.63) is 41.2 Å². The lowest BCUT2D eigenvalue weighted by Crippen LogP contribution is -2.54. The molecule has 1 atom stereocenters. The van der Waals surface area contributed by atoms with Crippen LogP contribution < -0.4 is 29.5 Å². The van der Waals surface area contributed by atoms with E-state index >= 15 is 0 Å². The molecule has 1 aliphatic rings. The molecule has 10 heteroatoms. The van der Waals surface area contributed by atoms with E-state index in [1.807, 2.05) is 6.92 Å². The monoisotopic (exact) mass is 525 g/mol. The molecule has 9 nitrogen and oxygen atoms in total. The van der Waals surface area contributed by atoms with Crippen molar-refractivity contribution in [2.75, 3.05) is 26.6 Å². The predicted octanol–water partition coefficient (Wildman–Crippen LogP) is 5.29. The van der Waals surface area contributed by atoms with E-state index in [1.165, 1.54) is 38.1 Å². The van der Waals surface area contributed by atoms with E-state index in [2.05, 4.69) is 61.3 Å². The Labute approximate surface area is 218 Å². The van der Waals surface area contributed by atoms with E-state index in [4.69, 9.17) is 23.4 Å². The first-order valence-corrected chi connectivity index (χ1v) is 15.4. The number of hydrogen-bond acceptors (Lipinski definition) is 8. The molecule has 198 valence electrons. The number of nitrogens with one attached hydrogen (secondary N) is 1. The molecular formula is C27H35N3O6Si. The lowest BCUT2D eigenvalue weighted by atomic mass is 9.74. The number of amides is 1. The topological polar surface area (TPSA) is 105 Å². The zero-order chi connectivity index (χ0) is 27.1. The summed E-state index contributed by atoms with van der Waals surface area (Å²) in [6, 6.07) is 8.88. The van der Waals surface area contributed by atoms with Gasteiger partial charge in [0.2, 0.25) is 11.8 Å². The third-order valence-electron chi connectivity index (χ3n) is 7.43. The van der Waals surface area contributed by atoms with Crippen molar-refractivity contribution in [1.82, 2.24) is 9.97 Å². The third-order valence-corrected chi connectivity index (χ3v) is 10.9. The van der Waals surface area contributed by atoms with Gasteiger partial charge in [0.05, 0.1) is 29.4 Å². The highest BCUT2D eigenvalue weighted by Gasteiger charge is 2.43. The van der Waals surface area contributed by atoms with Crippen LogP contribution in [0.3, 0.4) is 0 Å². The van der Waals surface area contributed by atoms with Crippen molar-refractivity contribution in [3.8, 4) is 29.5 Å². The largest absolute Gasteiger partial charge is 0.479 e. The first kappa shape index (κ1) is 26.5. The molecule has 1 amide bonds. The first-order valence-electron chi connectivity index (χ1n) is 12.2. The summed E-state index contributed by atoms with van der Waals surface area (Å²) in [5.41, 5.74) is 2.70. The van der Waals surface area contributed by atoms with Crippen LogP contribution in [-0.2, 0) is 5.41 Å². The van der Waals surface area contributed by atoms with E-state index in [-0.39, 0.29) is 40.6 Å².